The van der Waals surface area contributed by atoms with Crippen molar-refractivity contribution in [1.29, 1.82) is 0 Å². The number of benzene rings is 1. The number of hydrogen-bond donors (Lipinski definition) is 2. The van der Waals surface area contributed by atoms with E-state index in [4.69, 9.17) is 0 Å². The van der Waals surface area contributed by atoms with Crippen LogP contribution in [0.25, 0.3) is 0 Å². The fourth-order valence-corrected chi connectivity index (χ4v) is 3.05. The van der Waals surface area contributed by atoms with Crippen LogP contribution < -0.4 is 10.9 Å². The summed E-state index contributed by atoms with van der Waals surface area (Å²) >= 11 is 0. The maximum Gasteiger partial charge on any atom is 0.260 e. The Morgan fingerprint density at radius 2 is 2.12 bits per heavy atom. The highest BCUT2D eigenvalue weighted by Crippen LogP contribution is 2.16. The molecule has 0 saturated carbocycles. The standard InChI is InChI=1S/C18H20FN3O2/c19-16-8-2-1-5-13(16)11-22-10-4-6-14(12-22)21-18(24)15-7-3-9-20-17(15)23/h1-3,5,7-9,14H,4,6,10-12H2,(H,20,23)(H,21,24)/t14-/m1/s1. The van der Waals surface area contributed by atoms with Gasteiger partial charge in [0.15, 0.2) is 0 Å². The van der Waals surface area contributed by atoms with Gasteiger partial charge in [-0.3, -0.25) is 14.5 Å². The summed E-state index contributed by atoms with van der Waals surface area (Å²) in [6.45, 7) is 2.03. The molecule has 2 N–H and O–H groups in total. The molecule has 126 valence electrons. The third-order valence-electron chi connectivity index (χ3n) is 4.26. The van der Waals surface area contributed by atoms with Crippen molar-refractivity contribution in [2.24, 2.45) is 0 Å². The van der Waals surface area contributed by atoms with Crippen LogP contribution >= 0.6 is 0 Å². The summed E-state index contributed by atoms with van der Waals surface area (Å²) in [4.78, 5) is 28.5. The summed E-state index contributed by atoms with van der Waals surface area (Å²) < 4.78 is 13.8. The first-order valence-electron chi connectivity index (χ1n) is 8.08. The summed E-state index contributed by atoms with van der Waals surface area (Å²) in [6, 6.07) is 9.83. The Labute approximate surface area is 139 Å². The number of nitrogens with one attached hydrogen (secondary N) is 2. The van der Waals surface area contributed by atoms with Gasteiger partial charge in [0, 0.05) is 30.9 Å². The first-order valence-corrected chi connectivity index (χ1v) is 8.08. The smallest absolute Gasteiger partial charge is 0.260 e. The lowest BCUT2D eigenvalue weighted by atomic mass is 10.0. The molecule has 0 radical (unpaired) electrons. The maximum atomic E-state index is 13.8. The molecule has 1 amide bonds. The Hall–Kier alpha value is -2.47. The van der Waals surface area contributed by atoms with Gasteiger partial charge in [0.05, 0.1) is 0 Å². The van der Waals surface area contributed by atoms with E-state index in [1.165, 1.54) is 18.3 Å². The molecule has 1 aliphatic heterocycles. The van der Waals surface area contributed by atoms with Crippen LogP contribution in [0.5, 0.6) is 0 Å². The molecule has 3 rings (SSSR count). The number of piperidine rings is 1. The largest absolute Gasteiger partial charge is 0.348 e. The third kappa shape index (κ3) is 3.89. The average Bonchev–Trinajstić information content (AvgIpc) is 2.58. The fourth-order valence-electron chi connectivity index (χ4n) is 3.05. The Balaban J connectivity index is 1.62. The zero-order valence-electron chi connectivity index (χ0n) is 13.3. The highest BCUT2D eigenvalue weighted by molar-refractivity contribution is 5.93. The second-order valence-electron chi connectivity index (χ2n) is 6.05. The molecule has 1 aromatic heterocycles. The summed E-state index contributed by atoms with van der Waals surface area (Å²) in [6.07, 6.45) is 3.27. The van der Waals surface area contributed by atoms with E-state index in [2.05, 4.69) is 15.2 Å². The van der Waals surface area contributed by atoms with Gasteiger partial charge >= 0.3 is 0 Å². The van der Waals surface area contributed by atoms with Crippen molar-refractivity contribution in [3.63, 3.8) is 0 Å². The number of carbonyl (C=O) groups excluding carboxylic acids is 1. The predicted octanol–water partition coefficient (Wildman–Crippen LogP) is 1.91. The number of likely N-dealkylation sites (tertiary alicyclic amines) is 1. The van der Waals surface area contributed by atoms with E-state index in [1.807, 2.05) is 6.07 Å². The van der Waals surface area contributed by atoms with Gasteiger partial charge in [-0.2, -0.15) is 0 Å². The summed E-state index contributed by atoms with van der Waals surface area (Å²) in [5.41, 5.74) is 0.377. The Morgan fingerprint density at radius 1 is 1.29 bits per heavy atom. The van der Waals surface area contributed by atoms with Gasteiger partial charge < -0.3 is 10.3 Å². The molecule has 0 unspecified atom stereocenters. The van der Waals surface area contributed by atoms with Crippen LogP contribution in [0.2, 0.25) is 0 Å². The molecule has 1 aliphatic rings. The van der Waals surface area contributed by atoms with E-state index < -0.39 is 5.56 Å². The van der Waals surface area contributed by atoms with Gasteiger partial charge in [-0.1, -0.05) is 18.2 Å². The summed E-state index contributed by atoms with van der Waals surface area (Å²) in [5, 5.41) is 2.91. The lowest BCUT2D eigenvalue weighted by molar-refractivity contribution is 0.0898. The topological polar surface area (TPSA) is 65.2 Å². The zero-order valence-corrected chi connectivity index (χ0v) is 13.3. The summed E-state index contributed by atoms with van der Waals surface area (Å²) in [7, 11) is 0. The van der Waals surface area contributed by atoms with Crippen LogP contribution in [-0.2, 0) is 6.54 Å². The van der Waals surface area contributed by atoms with Crippen molar-refractivity contribution < 1.29 is 9.18 Å². The molecule has 0 aliphatic carbocycles. The van der Waals surface area contributed by atoms with Gasteiger partial charge in [0.1, 0.15) is 11.4 Å². The van der Waals surface area contributed by atoms with Crippen molar-refractivity contribution in [1.82, 2.24) is 15.2 Å². The molecule has 2 aromatic rings. The molecule has 24 heavy (non-hydrogen) atoms. The molecule has 1 fully saturated rings. The fraction of sp³-hybridized carbons (Fsp3) is 0.333. The molecule has 0 spiro atoms. The predicted molar refractivity (Wildman–Crippen MR) is 89.2 cm³/mol. The van der Waals surface area contributed by atoms with Gasteiger partial charge in [-0.15, -0.1) is 0 Å². The maximum absolute atomic E-state index is 13.8. The molecule has 1 aromatic carbocycles. The quantitative estimate of drug-likeness (QED) is 0.900. The number of pyridine rings is 1. The van der Waals surface area contributed by atoms with Crippen LogP contribution in [-0.4, -0.2) is 34.9 Å². The number of nitrogens with zero attached hydrogens (tertiary/aromatic N) is 1. The number of halogens is 1. The zero-order chi connectivity index (χ0) is 16.9. The van der Waals surface area contributed by atoms with Crippen LogP contribution in [0.15, 0.2) is 47.4 Å². The normalized spacial score (nSPS) is 18.3. The number of aromatic amines is 1. The van der Waals surface area contributed by atoms with Crippen LogP contribution in [0.1, 0.15) is 28.8 Å². The first kappa shape index (κ1) is 16.4. The van der Waals surface area contributed by atoms with E-state index in [0.29, 0.717) is 18.7 Å². The second kappa shape index (κ2) is 7.40. The van der Waals surface area contributed by atoms with E-state index >= 15 is 0 Å². The second-order valence-corrected chi connectivity index (χ2v) is 6.05. The molecule has 2 heterocycles. The number of aromatic nitrogens is 1. The average molecular weight is 329 g/mol. The van der Waals surface area contributed by atoms with E-state index in [1.54, 1.807) is 18.2 Å². The third-order valence-corrected chi connectivity index (χ3v) is 4.26. The van der Waals surface area contributed by atoms with Crippen LogP contribution in [0, 0.1) is 5.82 Å². The van der Waals surface area contributed by atoms with Crippen LogP contribution in [0.4, 0.5) is 4.39 Å². The summed E-state index contributed by atoms with van der Waals surface area (Å²) in [5.74, 6) is -0.575. The van der Waals surface area contributed by atoms with Crippen LogP contribution in [0.3, 0.4) is 0 Å². The van der Waals surface area contributed by atoms with Gasteiger partial charge in [-0.05, 0) is 37.6 Å². The molecule has 5 nitrogen and oxygen atoms in total. The molecule has 1 saturated heterocycles. The Bertz CT molecular complexity index is 775. The number of hydrogen-bond acceptors (Lipinski definition) is 3. The minimum Gasteiger partial charge on any atom is -0.348 e. The highest BCUT2D eigenvalue weighted by Gasteiger charge is 2.23. The lowest BCUT2D eigenvalue weighted by Gasteiger charge is -2.33. The van der Waals surface area contributed by atoms with E-state index in [9.17, 15) is 14.0 Å². The van der Waals surface area contributed by atoms with Gasteiger partial charge in [0.2, 0.25) is 0 Å². The Kier molecular flexibility index (Phi) is 5.05. The molecule has 6 heteroatoms. The molecular weight excluding hydrogens is 309 g/mol. The van der Waals surface area contributed by atoms with Crippen molar-refractivity contribution >= 4 is 5.91 Å². The minimum atomic E-state index is -0.394. The molecular formula is C18H20FN3O2. The SMILES string of the molecule is O=C(N[C@@H]1CCCN(Cc2ccccc2F)C1)c1ccc[nH]c1=O. The Morgan fingerprint density at radius 3 is 2.92 bits per heavy atom. The van der Waals surface area contributed by atoms with E-state index in [-0.39, 0.29) is 23.3 Å². The number of carbonyl (C=O) groups is 1. The number of amides is 1. The van der Waals surface area contributed by atoms with Gasteiger partial charge in [0.25, 0.3) is 11.5 Å². The number of rotatable bonds is 4. The lowest BCUT2D eigenvalue weighted by Crippen LogP contribution is -2.48. The van der Waals surface area contributed by atoms with Crippen molar-refractivity contribution in [2.75, 3.05) is 13.1 Å². The van der Waals surface area contributed by atoms with Crippen molar-refractivity contribution in [2.45, 2.75) is 25.4 Å². The molecule has 0 bridgehead atoms. The minimum absolute atomic E-state index is 0.0439. The number of H-pyrrole nitrogens is 1. The first-order chi connectivity index (χ1) is 11.6. The highest BCUT2D eigenvalue weighted by atomic mass is 19.1. The van der Waals surface area contributed by atoms with E-state index in [0.717, 1.165) is 19.4 Å². The van der Waals surface area contributed by atoms with Gasteiger partial charge in [-0.25, -0.2) is 4.39 Å². The van der Waals surface area contributed by atoms with Crippen molar-refractivity contribution in [3.8, 4) is 0 Å². The monoisotopic (exact) mass is 329 g/mol. The van der Waals surface area contributed by atoms with Crippen molar-refractivity contribution in [3.05, 3.63) is 69.9 Å². The molecule has 1 atom stereocenters.